The standard InChI is InChI=1S/C21H17F2IN4O2/c1-21(2,3)30-20(29)26-19-11-18(12-5-8-17(25-4)15(23)9-12)28(27-19)13-6-7-16(24)14(22)10-13/h5-11H,1-3H3,(H,26,27,29). The van der Waals surface area contributed by atoms with Crippen molar-refractivity contribution in [3.63, 3.8) is 0 Å². The zero-order chi connectivity index (χ0) is 22.1. The van der Waals surface area contributed by atoms with Crippen molar-refractivity contribution in [2.45, 2.75) is 26.4 Å². The highest BCUT2D eigenvalue weighted by molar-refractivity contribution is 14.1. The minimum Gasteiger partial charge on any atom is -0.444 e. The summed E-state index contributed by atoms with van der Waals surface area (Å²) in [4.78, 5) is 15.2. The number of amides is 1. The molecule has 0 saturated heterocycles. The molecular formula is C21H17F2IN4O2. The van der Waals surface area contributed by atoms with Crippen LogP contribution >= 0.6 is 22.6 Å². The largest absolute Gasteiger partial charge is 0.444 e. The monoisotopic (exact) mass is 522 g/mol. The molecule has 2 aromatic carbocycles. The van der Waals surface area contributed by atoms with E-state index in [2.05, 4.69) is 15.3 Å². The lowest BCUT2D eigenvalue weighted by atomic mass is 10.1. The van der Waals surface area contributed by atoms with Gasteiger partial charge in [0.05, 0.1) is 18.0 Å². The zero-order valence-corrected chi connectivity index (χ0v) is 18.5. The highest BCUT2D eigenvalue weighted by Gasteiger charge is 2.20. The summed E-state index contributed by atoms with van der Waals surface area (Å²) in [7, 11) is 0. The zero-order valence-electron chi connectivity index (χ0n) is 16.3. The molecule has 0 saturated carbocycles. The van der Waals surface area contributed by atoms with Gasteiger partial charge in [0.25, 0.3) is 0 Å². The van der Waals surface area contributed by atoms with Gasteiger partial charge < -0.3 is 4.74 Å². The van der Waals surface area contributed by atoms with E-state index in [0.29, 0.717) is 20.5 Å². The second kappa shape index (κ2) is 8.39. The Bertz CT molecular complexity index is 1160. The number of hydrogen-bond acceptors (Lipinski definition) is 3. The van der Waals surface area contributed by atoms with Gasteiger partial charge in [-0.3, -0.25) is 5.32 Å². The average Bonchev–Trinajstić information content (AvgIpc) is 3.06. The molecule has 0 atom stereocenters. The third-order valence-electron chi connectivity index (χ3n) is 3.85. The quantitative estimate of drug-likeness (QED) is 0.324. The molecule has 0 aliphatic heterocycles. The highest BCUT2D eigenvalue weighted by atomic mass is 127. The van der Waals surface area contributed by atoms with Crippen LogP contribution in [0, 0.1) is 21.8 Å². The summed E-state index contributed by atoms with van der Waals surface area (Å²) in [6.07, 6.45) is -0.706. The van der Waals surface area contributed by atoms with Crippen molar-refractivity contribution >= 4 is 40.2 Å². The Kier molecular flexibility index (Phi) is 6.07. The average molecular weight is 522 g/mol. The summed E-state index contributed by atoms with van der Waals surface area (Å²) in [6, 6.07) is 10.2. The molecule has 30 heavy (non-hydrogen) atoms. The van der Waals surface area contributed by atoms with Crippen LogP contribution in [-0.2, 0) is 4.74 Å². The number of nitrogens with one attached hydrogen (secondary N) is 1. The lowest BCUT2D eigenvalue weighted by Crippen LogP contribution is -2.27. The molecule has 1 heterocycles. The molecule has 3 rings (SSSR count). The molecule has 0 aliphatic carbocycles. The molecule has 1 aromatic heterocycles. The van der Waals surface area contributed by atoms with Crippen LogP contribution in [-0.4, -0.2) is 21.5 Å². The number of anilines is 1. The van der Waals surface area contributed by atoms with Crippen LogP contribution in [0.3, 0.4) is 0 Å². The molecule has 154 valence electrons. The Morgan fingerprint density at radius 3 is 2.50 bits per heavy atom. The third-order valence-corrected chi connectivity index (χ3v) is 4.72. The van der Waals surface area contributed by atoms with E-state index in [9.17, 15) is 13.6 Å². The van der Waals surface area contributed by atoms with E-state index in [1.165, 1.54) is 28.9 Å². The maximum atomic E-state index is 14.2. The Morgan fingerprint density at radius 2 is 1.90 bits per heavy atom. The molecule has 6 nitrogen and oxygen atoms in total. The van der Waals surface area contributed by atoms with E-state index >= 15 is 0 Å². The number of benzene rings is 2. The molecule has 1 amide bonds. The normalized spacial score (nSPS) is 11.1. The molecule has 0 aliphatic rings. The number of rotatable bonds is 3. The van der Waals surface area contributed by atoms with Gasteiger partial charge in [-0.1, -0.05) is 12.1 Å². The second-order valence-electron chi connectivity index (χ2n) is 7.33. The SMILES string of the molecule is [C-]#[N+]c1ccc(-c2cc(NC(=O)OC(C)(C)C)nn2-c2ccc(I)c(F)c2)cc1F. The van der Waals surface area contributed by atoms with Gasteiger partial charge in [-0.2, -0.15) is 0 Å². The van der Waals surface area contributed by atoms with Crippen molar-refractivity contribution in [2.75, 3.05) is 5.32 Å². The summed E-state index contributed by atoms with van der Waals surface area (Å²) >= 11 is 1.87. The van der Waals surface area contributed by atoms with Gasteiger partial charge in [0.1, 0.15) is 17.2 Å². The topological polar surface area (TPSA) is 60.5 Å². The van der Waals surface area contributed by atoms with Crippen LogP contribution in [0.4, 0.5) is 25.1 Å². The minimum absolute atomic E-state index is 0.114. The fraction of sp³-hybridized carbons (Fsp3) is 0.190. The first-order valence-electron chi connectivity index (χ1n) is 8.80. The van der Waals surface area contributed by atoms with Crippen molar-refractivity contribution in [1.82, 2.24) is 9.78 Å². The highest BCUT2D eigenvalue weighted by Crippen LogP contribution is 2.30. The van der Waals surface area contributed by atoms with Crippen LogP contribution in [0.25, 0.3) is 21.8 Å². The smallest absolute Gasteiger partial charge is 0.413 e. The molecular weight excluding hydrogens is 505 g/mol. The molecule has 0 radical (unpaired) electrons. The number of carbonyl (C=O) groups is 1. The molecule has 1 N–H and O–H groups in total. The summed E-state index contributed by atoms with van der Waals surface area (Å²) < 4.78 is 35.4. The minimum atomic E-state index is -0.706. The molecule has 9 heteroatoms. The summed E-state index contributed by atoms with van der Waals surface area (Å²) in [6.45, 7) is 12.2. The van der Waals surface area contributed by atoms with E-state index < -0.39 is 23.3 Å². The number of hydrogen-bond donors (Lipinski definition) is 1. The van der Waals surface area contributed by atoms with Gasteiger partial charge in [-0.05, 0) is 61.6 Å². The number of nitrogens with zero attached hydrogens (tertiary/aromatic N) is 3. The van der Waals surface area contributed by atoms with Gasteiger partial charge in [-0.15, -0.1) is 5.10 Å². The van der Waals surface area contributed by atoms with Gasteiger partial charge in [-0.25, -0.2) is 23.1 Å². The van der Waals surface area contributed by atoms with Crippen LogP contribution in [0.2, 0.25) is 0 Å². The van der Waals surface area contributed by atoms with Crippen molar-refractivity contribution < 1.29 is 18.3 Å². The van der Waals surface area contributed by atoms with Crippen LogP contribution in [0.15, 0.2) is 42.5 Å². The van der Waals surface area contributed by atoms with Crippen LogP contribution < -0.4 is 5.32 Å². The molecule has 0 unspecified atom stereocenters. The van der Waals surface area contributed by atoms with E-state index in [0.717, 1.165) is 0 Å². The van der Waals surface area contributed by atoms with E-state index in [1.54, 1.807) is 39.0 Å². The van der Waals surface area contributed by atoms with Crippen molar-refractivity contribution in [2.24, 2.45) is 0 Å². The van der Waals surface area contributed by atoms with E-state index in [4.69, 9.17) is 11.3 Å². The summed E-state index contributed by atoms with van der Waals surface area (Å²) in [5.74, 6) is -0.982. The Labute approximate surface area is 185 Å². The van der Waals surface area contributed by atoms with Crippen molar-refractivity contribution in [1.29, 1.82) is 0 Å². The van der Waals surface area contributed by atoms with Crippen LogP contribution in [0.1, 0.15) is 20.8 Å². The van der Waals surface area contributed by atoms with Crippen molar-refractivity contribution in [3.8, 4) is 16.9 Å². The van der Waals surface area contributed by atoms with Gasteiger partial charge in [0.15, 0.2) is 5.82 Å². The maximum absolute atomic E-state index is 14.2. The predicted molar refractivity (Wildman–Crippen MR) is 118 cm³/mol. The fourth-order valence-corrected chi connectivity index (χ4v) is 2.96. The molecule has 0 bridgehead atoms. The Morgan fingerprint density at radius 1 is 1.17 bits per heavy atom. The molecule has 0 spiro atoms. The summed E-state index contributed by atoms with van der Waals surface area (Å²) in [5.41, 5.74) is 0.376. The number of ether oxygens (including phenoxy) is 1. The second-order valence-corrected chi connectivity index (χ2v) is 8.49. The first-order chi connectivity index (χ1) is 14.1. The first kappa shape index (κ1) is 21.7. The summed E-state index contributed by atoms with van der Waals surface area (Å²) in [5, 5.41) is 6.85. The van der Waals surface area contributed by atoms with Crippen molar-refractivity contribution in [3.05, 3.63) is 69.1 Å². The van der Waals surface area contributed by atoms with E-state index in [-0.39, 0.29) is 11.5 Å². The molecule has 3 aromatic rings. The number of carbonyl (C=O) groups excluding carboxylic acids is 1. The van der Waals surface area contributed by atoms with Gasteiger partial charge in [0, 0.05) is 21.3 Å². The predicted octanol–water partition coefficient (Wildman–Crippen LogP) is 6.32. The molecule has 0 fully saturated rings. The van der Waals surface area contributed by atoms with Gasteiger partial charge in [0.2, 0.25) is 5.69 Å². The fourth-order valence-electron chi connectivity index (χ4n) is 2.63. The third kappa shape index (κ3) is 4.94. The Hall–Kier alpha value is -3.00. The lowest BCUT2D eigenvalue weighted by Gasteiger charge is -2.19. The Balaban J connectivity index is 2.08. The lowest BCUT2D eigenvalue weighted by molar-refractivity contribution is 0.0635. The maximum Gasteiger partial charge on any atom is 0.413 e. The first-order valence-corrected chi connectivity index (χ1v) is 9.88. The van der Waals surface area contributed by atoms with E-state index in [1.807, 2.05) is 22.6 Å². The number of aromatic nitrogens is 2. The number of halogens is 3. The van der Waals surface area contributed by atoms with Crippen LogP contribution in [0.5, 0.6) is 0 Å². The van der Waals surface area contributed by atoms with Gasteiger partial charge >= 0.3 is 6.09 Å².